The molecule has 0 spiro atoms. The van der Waals surface area contributed by atoms with Crippen LogP contribution < -0.4 is 0 Å². The molecule has 0 saturated heterocycles. The average Bonchev–Trinajstić information content (AvgIpc) is 2.40. The SMILES string of the molecule is [B]C1(C)CCC2CC(C)CC2C1S. The van der Waals surface area contributed by atoms with Gasteiger partial charge in [-0.2, -0.15) is 12.6 Å². The average molecular weight is 194 g/mol. The molecule has 0 amide bonds. The first kappa shape index (κ1) is 9.95. The first-order valence-electron chi connectivity index (χ1n) is 5.47. The molecule has 2 aliphatic rings. The van der Waals surface area contributed by atoms with Gasteiger partial charge in [0.2, 0.25) is 0 Å². The molecule has 5 atom stereocenters. The molecule has 72 valence electrons. The first-order valence-corrected chi connectivity index (χ1v) is 5.99. The highest BCUT2D eigenvalue weighted by Gasteiger charge is 2.45. The summed E-state index contributed by atoms with van der Waals surface area (Å²) in [5.41, 5.74) is 0. The van der Waals surface area contributed by atoms with Gasteiger partial charge in [0, 0.05) is 5.25 Å². The molecule has 2 aliphatic carbocycles. The fourth-order valence-corrected chi connectivity index (χ4v) is 3.79. The maximum Gasteiger partial charge on any atom is 0.0757 e. The van der Waals surface area contributed by atoms with Gasteiger partial charge in [-0.3, -0.25) is 0 Å². The van der Waals surface area contributed by atoms with E-state index in [-0.39, 0.29) is 5.31 Å². The molecule has 0 aromatic carbocycles. The van der Waals surface area contributed by atoms with Gasteiger partial charge >= 0.3 is 0 Å². The molecule has 0 aromatic rings. The van der Waals surface area contributed by atoms with Crippen LogP contribution in [0.5, 0.6) is 0 Å². The highest BCUT2D eigenvalue weighted by molar-refractivity contribution is 7.81. The van der Waals surface area contributed by atoms with Crippen LogP contribution in [0, 0.1) is 17.8 Å². The minimum absolute atomic E-state index is 0.0195. The molecular weight excluding hydrogens is 175 g/mol. The Morgan fingerprint density at radius 3 is 2.77 bits per heavy atom. The molecule has 2 heteroatoms. The van der Waals surface area contributed by atoms with Crippen LogP contribution in [0.1, 0.15) is 39.5 Å². The molecule has 2 saturated carbocycles. The lowest BCUT2D eigenvalue weighted by molar-refractivity contribution is 0.243. The van der Waals surface area contributed by atoms with Gasteiger partial charge in [0.1, 0.15) is 0 Å². The minimum Gasteiger partial charge on any atom is -0.176 e. The molecule has 2 fully saturated rings. The fourth-order valence-electron chi connectivity index (χ4n) is 3.30. The monoisotopic (exact) mass is 194 g/mol. The van der Waals surface area contributed by atoms with E-state index in [4.69, 9.17) is 20.5 Å². The molecule has 0 aliphatic heterocycles. The quantitative estimate of drug-likeness (QED) is 0.444. The van der Waals surface area contributed by atoms with Crippen molar-refractivity contribution < 1.29 is 0 Å². The molecule has 5 unspecified atom stereocenters. The first-order chi connectivity index (χ1) is 6.00. The van der Waals surface area contributed by atoms with Crippen molar-refractivity contribution in [2.45, 2.75) is 50.1 Å². The predicted molar refractivity (Wildman–Crippen MR) is 61.5 cm³/mol. The third-order valence-corrected chi connectivity index (χ3v) is 5.09. The molecule has 13 heavy (non-hydrogen) atoms. The summed E-state index contributed by atoms with van der Waals surface area (Å²) in [6, 6.07) is 0. The van der Waals surface area contributed by atoms with Crippen molar-refractivity contribution in [1.82, 2.24) is 0 Å². The number of hydrogen-bond acceptors (Lipinski definition) is 1. The van der Waals surface area contributed by atoms with Gasteiger partial charge in [0.25, 0.3) is 0 Å². The lowest BCUT2D eigenvalue weighted by Gasteiger charge is -2.43. The summed E-state index contributed by atoms with van der Waals surface area (Å²) < 4.78 is 0. The van der Waals surface area contributed by atoms with E-state index in [0.29, 0.717) is 5.25 Å². The van der Waals surface area contributed by atoms with E-state index >= 15 is 0 Å². The van der Waals surface area contributed by atoms with Gasteiger partial charge in [-0.05, 0) is 30.6 Å². The Balaban J connectivity index is 2.13. The molecule has 0 nitrogen and oxygen atoms in total. The van der Waals surface area contributed by atoms with Gasteiger partial charge < -0.3 is 0 Å². The Morgan fingerprint density at radius 1 is 1.38 bits per heavy atom. The lowest BCUT2D eigenvalue weighted by atomic mass is 9.57. The van der Waals surface area contributed by atoms with Crippen LogP contribution >= 0.6 is 12.6 Å². The Bertz CT molecular complexity index is 202. The van der Waals surface area contributed by atoms with Crippen molar-refractivity contribution in [3.05, 3.63) is 0 Å². The van der Waals surface area contributed by atoms with Crippen LogP contribution in [0.3, 0.4) is 0 Å². The number of fused-ring (bicyclic) bond motifs is 1. The molecule has 0 aromatic heterocycles. The normalized spacial score (nSPS) is 56.2. The Morgan fingerprint density at radius 2 is 2.08 bits per heavy atom. The molecule has 2 rings (SSSR count). The zero-order valence-electron chi connectivity index (χ0n) is 8.66. The summed E-state index contributed by atoms with van der Waals surface area (Å²) >= 11 is 4.73. The summed E-state index contributed by atoms with van der Waals surface area (Å²) in [6.45, 7) is 4.54. The summed E-state index contributed by atoms with van der Waals surface area (Å²) in [4.78, 5) is 0. The standard InChI is InChI=1S/C11H19BS/c1-7-5-8-3-4-11(2,12)10(13)9(8)6-7/h7-10,13H,3-6H2,1-2H3. The maximum atomic E-state index is 6.25. The molecular formula is C11H19BS. The van der Waals surface area contributed by atoms with Crippen molar-refractivity contribution in [1.29, 1.82) is 0 Å². The highest BCUT2D eigenvalue weighted by Crippen LogP contribution is 2.55. The predicted octanol–water partition coefficient (Wildman–Crippen LogP) is 3.09. The lowest BCUT2D eigenvalue weighted by Crippen LogP contribution is -2.36. The number of hydrogen-bond donors (Lipinski definition) is 1. The van der Waals surface area contributed by atoms with Crippen LogP contribution in [0.15, 0.2) is 0 Å². The maximum absolute atomic E-state index is 6.25. The van der Waals surface area contributed by atoms with E-state index in [1.165, 1.54) is 19.3 Å². The summed E-state index contributed by atoms with van der Waals surface area (Å²) in [5.74, 6) is 2.62. The summed E-state index contributed by atoms with van der Waals surface area (Å²) in [7, 11) is 6.25. The Kier molecular flexibility index (Phi) is 2.46. The van der Waals surface area contributed by atoms with Gasteiger partial charge in [0.15, 0.2) is 0 Å². The second-order valence-corrected chi connectivity index (χ2v) is 6.05. The van der Waals surface area contributed by atoms with Gasteiger partial charge in [-0.1, -0.05) is 32.0 Å². The van der Waals surface area contributed by atoms with E-state index in [9.17, 15) is 0 Å². The van der Waals surface area contributed by atoms with Crippen molar-refractivity contribution in [2.75, 3.05) is 0 Å². The van der Waals surface area contributed by atoms with Crippen LogP contribution in [-0.2, 0) is 0 Å². The van der Waals surface area contributed by atoms with Crippen molar-refractivity contribution in [3.8, 4) is 0 Å². The van der Waals surface area contributed by atoms with E-state index in [2.05, 4.69) is 13.8 Å². The third-order valence-electron chi connectivity index (χ3n) is 4.12. The second-order valence-electron chi connectivity index (χ2n) is 5.49. The van der Waals surface area contributed by atoms with Crippen LogP contribution in [-0.4, -0.2) is 13.1 Å². The fraction of sp³-hybridized carbons (Fsp3) is 1.00. The second kappa shape index (κ2) is 3.22. The Labute approximate surface area is 88.7 Å². The zero-order valence-corrected chi connectivity index (χ0v) is 9.56. The van der Waals surface area contributed by atoms with Gasteiger partial charge in [0.05, 0.1) is 7.85 Å². The summed E-state index contributed by atoms with van der Waals surface area (Å²) in [6.07, 6.45) is 5.26. The van der Waals surface area contributed by atoms with E-state index in [1.807, 2.05) is 0 Å². The largest absolute Gasteiger partial charge is 0.176 e. The minimum atomic E-state index is -0.0195. The van der Waals surface area contributed by atoms with E-state index in [0.717, 1.165) is 24.2 Å². The Hall–Kier alpha value is 0.415. The van der Waals surface area contributed by atoms with Crippen LogP contribution in [0.25, 0.3) is 0 Å². The van der Waals surface area contributed by atoms with E-state index < -0.39 is 0 Å². The number of rotatable bonds is 0. The van der Waals surface area contributed by atoms with Crippen molar-refractivity contribution in [2.24, 2.45) is 17.8 Å². The van der Waals surface area contributed by atoms with Gasteiger partial charge in [-0.25, -0.2) is 0 Å². The van der Waals surface area contributed by atoms with Crippen LogP contribution in [0.4, 0.5) is 0 Å². The molecule has 0 bridgehead atoms. The van der Waals surface area contributed by atoms with Gasteiger partial charge in [-0.15, -0.1) is 0 Å². The molecule has 2 radical (unpaired) electrons. The highest BCUT2D eigenvalue weighted by atomic mass is 32.1. The summed E-state index contributed by atoms with van der Waals surface area (Å²) in [5, 5.41) is 0.408. The van der Waals surface area contributed by atoms with Crippen molar-refractivity contribution in [3.63, 3.8) is 0 Å². The topological polar surface area (TPSA) is 0 Å². The zero-order chi connectivity index (χ0) is 9.64. The number of thiol groups is 1. The third kappa shape index (κ3) is 1.67. The molecule has 0 N–H and O–H groups in total. The molecule has 0 heterocycles. The van der Waals surface area contributed by atoms with E-state index in [1.54, 1.807) is 0 Å². The van der Waals surface area contributed by atoms with Crippen molar-refractivity contribution >= 4 is 20.5 Å². The van der Waals surface area contributed by atoms with Crippen LogP contribution in [0.2, 0.25) is 5.31 Å². The smallest absolute Gasteiger partial charge is 0.0757 e.